The van der Waals surface area contributed by atoms with Crippen LogP contribution in [0.25, 0.3) is 0 Å². The quantitative estimate of drug-likeness (QED) is 0.776. The minimum Gasteiger partial charge on any atom is -0.367 e. The fourth-order valence-electron chi connectivity index (χ4n) is 1.79. The van der Waals surface area contributed by atoms with E-state index in [4.69, 9.17) is 10.5 Å². The van der Waals surface area contributed by atoms with Crippen molar-refractivity contribution in [2.75, 3.05) is 6.61 Å². The third-order valence-corrected chi connectivity index (χ3v) is 2.90. The first-order chi connectivity index (χ1) is 7.59. The number of hydrogen-bond donors (Lipinski definition) is 2. The largest absolute Gasteiger partial charge is 0.367 e. The van der Waals surface area contributed by atoms with Gasteiger partial charge in [-0.3, -0.25) is 5.10 Å². The van der Waals surface area contributed by atoms with Crippen molar-refractivity contribution in [2.24, 2.45) is 5.73 Å². The van der Waals surface area contributed by atoms with Crippen LogP contribution in [-0.4, -0.2) is 21.8 Å². The standard InChI is InChI=1S/C11H22N4O/c1-5-11(6-2,16-7-3)10-13-9(8(4)12)14-15-10/h8H,5-7,12H2,1-4H3,(H,13,14,15). The van der Waals surface area contributed by atoms with Gasteiger partial charge in [-0.05, 0) is 26.7 Å². The van der Waals surface area contributed by atoms with E-state index in [0.717, 1.165) is 12.8 Å². The maximum Gasteiger partial charge on any atom is 0.182 e. The minimum atomic E-state index is -0.377. The third-order valence-electron chi connectivity index (χ3n) is 2.90. The first-order valence-electron chi connectivity index (χ1n) is 5.92. The molecule has 92 valence electrons. The Hall–Kier alpha value is -0.940. The molecular weight excluding hydrogens is 204 g/mol. The van der Waals surface area contributed by atoms with Gasteiger partial charge in [0, 0.05) is 6.61 Å². The molecule has 0 saturated heterocycles. The minimum absolute atomic E-state index is 0.130. The summed E-state index contributed by atoms with van der Waals surface area (Å²) in [5.41, 5.74) is 5.38. The smallest absolute Gasteiger partial charge is 0.182 e. The molecule has 1 aromatic heterocycles. The number of nitrogens with one attached hydrogen (secondary N) is 1. The van der Waals surface area contributed by atoms with Gasteiger partial charge in [-0.25, -0.2) is 4.98 Å². The second-order valence-electron chi connectivity index (χ2n) is 3.97. The molecule has 0 saturated carbocycles. The maximum atomic E-state index is 5.82. The van der Waals surface area contributed by atoms with E-state index < -0.39 is 0 Å². The van der Waals surface area contributed by atoms with Gasteiger partial charge in [-0.1, -0.05) is 13.8 Å². The number of aromatic nitrogens is 3. The first-order valence-corrected chi connectivity index (χ1v) is 5.92. The Kier molecular flexibility index (Phi) is 4.44. The molecule has 0 aliphatic carbocycles. The summed E-state index contributed by atoms with van der Waals surface area (Å²) in [4.78, 5) is 4.43. The molecule has 3 N–H and O–H groups in total. The molecule has 5 nitrogen and oxygen atoms in total. The van der Waals surface area contributed by atoms with Crippen molar-refractivity contribution in [2.45, 2.75) is 52.2 Å². The molecule has 5 heteroatoms. The fourth-order valence-corrected chi connectivity index (χ4v) is 1.79. The summed E-state index contributed by atoms with van der Waals surface area (Å²) in [6.07, 6.45) is 1.71. The maximum absolute atomic E-state index is 5.82. The average Bonchev–Trinajstić information content (AvgIpc) is 2.76. The highest BCUT2D eigenvalue weighted by Crippen LogP contribution is 2.30. The van der Waals surface area contributed by atoms with Crippen molar-refractivity contribution in [1.29, 1.82) is 0 Å². The predicted molar refractivity (Wildman–Crippen MR) is 62.9 cm³/mol. The van der Waals surface area contributed by atoms with Crippen molar-refractivity contribution in [3.05, 3.63) is 11.6 Å². The molecule has 1 unspecified atom stereocenters. The molecule has 0 fully saturated rings. The number of rotatable bonds is 6. The second-order valence-corrected chi connectivity index (χ2v) is 3.97. The number of hydrogen-bond acceptors (Lipinski definition) is 4. The molecule has 0 aliphatic heterocycles. The summed E-state index contributed by atoms with van der Waals surface area (Å²) in [5.74, 6) is 1.42. The van der Waals surface area contributed by atoms with Gasteiger partial charge in [-0.2, -0.15) is 5.10 Å². The zero-order valence-corrected chi connectivity index (χ0v) is 10.6. The van der Waals surface area contributed by atoms with Crippen LogP contribution in [0, 0.1) is 0 Å². The van der Waals surface area contributed by atoms with Crippen LogP contribution < -0.4 is 5.73 Å². The number of nitrogens with zero attached hydrogens (tertiary/aromatic N) is 2. The summed E-state index contributed by atoms with van der Waals surface area (Å²) in [6, 6.07) is -0.130. The summed E-state index contributed by atoms with van der Waals surface area (Å²) in [5, 5.41) is 7.10. The summed E-state index contributed by atoms with van der Waals surface area (Å²) < 4.78 is 5.82. The first kappa shape index (κ1) is 13.1. The number of H-pyrrole nitrogens is 1. The Morgan fingerprint density at radius 2 is 2.00 bits per heavy atom. The van der Waals surface area contributed by atoms with Crippen LogP contribution in [0.1, 0.15) is 58.2 Å². The van der Waals surface area contributed by atoms with E-state index in [9.17, 15) is 0 Å². The normalized spacial score (nSPS) is 14.1. The van der Waals surface area contributed by atoms with Gasteiger partial charge in [0.15, 0.2) is 5.82 Å². The third kappa shape index (κ3) is 2.41. The highest BCUT2D eigenvalue weighted by molar-refractivity contribution is 5.04. The lowest BCUT2D eigenvalue weighted by Gasteiger charge is -2.28. The summed E-state index contributed by atoms with van der Waals surface area (Å²) in [6.45, 7) is 8.69. The Bertz CT molecular complexity index is 318. The molecule has 0 bridgehead atoms. The zero-order valence-electron chi connectivity index (χ0n) is 10.6. The van der Waals surface area contributed by atoms with E-state index in [1.54, 1.807) is 0 Å². The van der Waals surface area contributed by atoms with E-state index in [1.165, 1.54) is 0 Å². The Balaban J connectivity index is 3.00. The number of nitrogens with two attached hydrogens (primary N) is 1. The lowest BCUT2D eigenvalue weighted by Crippen LogP contribution is -2.30. The van der Waals surface area contributed by atoms with Crippen LogP contribution in [0.3, 0.4) is 0 Å². The van der Waals surface area contributed by atoms with Gasteiger partial charge in [0.2, 0.25) is 0 Å². The van der Waals surface area contributed by atoms with Crippen LogP contribution in [-0.2, 0) is 10.3 Å². The summed E-state index contributed by atoms with van der Waals surface area (Å²) >= 11 is 0. The van der Waals surface area contributed by atoms with E-state index >= 15 is 0 Å². The van der Waals surface area contributed by atoms with Crippen molar-refractivity contribution in [1.82, 2.24) is 15.2 Å². The number of aromatic amines is 1. The molecule has 1 atom stereocenters. The van der Waals surface area contributed by atoms with Crippen molar-refractivity contribution < 1.29 is 4.74 Å². The average molecular weight is 226 g/mol. The van der Waals surface area contributed by atoms with Crippen LogP contribution in [0.5, 0.6) is 0 Å². The predicted octanol–water partition coefficient (Wildman–Crippen LogP) is 1.88. The van der Waals surface area contributed by atoms with Crippen LogP contribution in [0.2, 0.25) is 0 Å². The molecule has 0 aromatic carbocycles. The van der Waals surface area contributed by atoms with Gasteiger partial charge in [0.05, 0.1) is 6.04 Å². The lowest BCUT2D eigenvalue weighted by molar-refractivity contribution is -0.0569. The molecule has 0 radical (unpaired) electrons. The van der Waals surface area contributed by atoms with Crippen LogP contribution in [0.15, 0.2) is 0 Å². The Labute approximate surface area is 96.8 Å². The van der Waals surface area contributed by atoms with Crippen LogP contribution >= 0.6 is 0 Å². The van der Waals surface area contributed by atoms with Crippen molar-refractivity contribution >= 4 is 0 Å². The monoisotopic (exact) mass is 226 g/mol. The molecule has 0 spiro atoms. The van der Waals surface area contributed by atoms with E-state index in [1.807, 2.05) is 13.8 Å². The van der Waals surface area contributed by atoms with Crippen molar-refractivity contribution in [3.63, 3.8) is 0 Å². The highest BCUT2D eigenvalue weighted by atomic mass is 16.5. The fraction of sp³-hybridized carbons (Fsp3) is 0.818. The van der Waals surface area contributed by atoms with Crippen LogP contribution in [0.4, 0.5) is 0 Å². The molecular formula is C11H22N4O. The molecule has 1 heterocycles. The highest BCUT2D eigenvalue weighted by Gasteiger charge is 2.33. The van der Waals surface area contributed by atoms with Gasteiger partial charge >= 0.3 is 0 Å². The van der Waals surface area contributed by atoms with Gasteiger partial charge in [0.1, 0.15) is 11.4 Å². The van der Waals surface area contributed by atoms with Gasteiger partial charge in [-0.15, -0.1) is 0 Å². The molecule has 1 rings (SSSR count). The molecule has 1 aromatic rings. The molecule has 0 aliphatic rings. The molecule has 0 amide bonds. The van der Waals surface area contributed by atoms with Gasteiger partial charge in [0.25, 0.3) is 0 Å². The Morgan fingerprint density at radius 3 is 2.38 bits per heavy atom. The zero-order chi connectivity index (χ0) is 12.2. The van der Waals surface area contributed by atoms with Crippen molar-refractivity contribution in [3.8, 4) is 0 Å². The van der Waals surface area contributed by atoms with E-state index in [2.05, 4.69) is 29.0 Å². The number of ether oxygens (including phenoxy) is 1. The SMILES string of the molecule is CCOC(CC)(CC)c1n[nH]c(C(C)N)n1. The van der Waals surface area contributed by atoms with E-state index in [0.29, 0.717) is 18.3 Å². The lowest BCUT2D eigenvalue weighted by atomic mass is 9.96. The molecule has 16 heavy (non-hydrogen) atoms. The Morgan fingerprint density at radius 1 is 1.38 bits per heavy atom. The second kappa shape index (κ2) is 5.41. The topological polar surface area (TPSA) is 76.8 Å². The summed E-state index contributed by atoms with van der Waals surface area (Å²) in [7, 11) is 0. The van der Waals surface area contributed by atoms with E-state index in [-0.39, 0.29) is 11.6 Å². The van der Waals surface area contributed by atoms with Gasteiger partial charge < -0.3 is 10.5 Å².